The van der Waals surface area contributed by atoms with E-state index in [-0.39, 0.29) is 23.1 Å². The first-order chi connectivity index (χ1) is 12.7. The molecule has 0 bridgehead atoms. The van der Waals surface area contributed by atoms with Crippen LogP contribution in [0.5, 0.6) is 17.2 Å². The number of ether oxygens (including phenoxy) is 3. The lowest BCUT2D eigenvalue weighted by Crippen LogP contribution is -2.34. The minimum Gasteiger partial charge on any atom is -0.493 e. The largest absolute Gasteiger partial charge is 0.493 e. The van der Waals surface area contributed by atoms with Gasteiger partial charge in [-0.15, -0.1) is 0 Å². The molecule has 27 heavy (non-hydrogen) atoms. The molecule has 1 aliphatic rings. The second-order valence-corrected chi connectivity index (χ2v) is 7.35. The number of sulfonamides is 1. The Bertz CT molecular complexity index is 1010. The molecule has 2 N–H and O–H groups in total. The van der Waals surface area contributed by atoms with E-state index < -0.39 is 26.8 Å². The van der Waals surface area contributed by atoms with Gasteiger partial charge in [0.15, 0.2) is 17.6 Å². The zero-order chi connectivity index (χ0) is 19.8. The summed E-state index contributed by atoms with van der Waals surface area (Å²) in [5.74, 6) is -0.810. The van der Waals surface area contributed by atoms with E-state index in [1.54, 1.807) is 6.92 Å². The average Bonchev–Trinajstić information content (AvgIpc) is 2.62. The number of amides is 1. The van der Waals surface area contributed by atoms with Crippen molar-refractivity contribution in [2.24, 2.45) is 0 Å². The number of hydrogen-bond acceptors (Lipinski definition) is 6. The fourth-order valence-corrected chi connectivity index (χ4v) is 3.65. The maximum atomic E-state index is 14.3. The molecular formula is C17H17FN2O6S. The van der Waals surface area contributed by atoms with Crippen LogP contribution in [0.4, 0.5) is 15.8 Å². The SMILES string of the molecule is COc1cc(F)c(S(=O)(=O)Nc2ccc3c(c2)NC(=O)[C@H](C)O3)cc1OC. The van der Waals surface area contributed by atoms with Crippen molar-refractivity contribution in [1.82, 2.24) is 0 Å². The van der Waals surface area contributed by atoms with Gasteiger partial charge >= 0.3 is 0 Å². The minimum atomic E-state index is -4.27. The van der Waals surface area contributed by atoms with E-state index in [2.05, 4.69) is 10.0 Å². The van der Waals surface area contributed by atoms with E-state index in [0.29, 0.717) is 11.4 Å². The number of benzene rings is 2. The number of methoxy groups -OCH3 is 2. The summed E-state index contributed by atoms with van der Waals surface area (Å²) in [6.07, 6.45) is -0.652. The lowest BCUT2D eigenvalue weighted by molar-refractivity contribution is -0.122. The minimum absolute atomic E-state index is 0.0664. The molecule has 2 aromatic carbocycles. The smallest absolute Gasteiger partial charge is 0.265 e. The van der Waals surface area contributed by atoms with Gasteiger partial charge in [-0.1, -0.05) is 0 Å². The molecule has 0 radical (unpaired) electrons. The van der Waals surface area contributed by atoms with Gasteiger partial charge in [-0.3, -0.25) is 9.52 Å². The van der Waals surface area contributed by atoms with Crippen LogP contribution in [0.25, 0.3) is 0 Å². The summed E-state index contributed by atoms with van der Waals surface area (Å²) in [4.78, 5) is 11.1. The number of rotatable bonds is 5. The third-order valence-electron chi connectivity index (χ3n) is 3.89. The van der Waals surface area contributed by atoms with Crippen LogP contribution in [0.2, 0.25) is 0 Å². The fraction of sp³-hybridized carbons (Fsp3) is 0.235. The third-order valence-corrected chi connectivity index (χ3v) is 5.29. The molecule has 0 fully saturated rings. The second-order valence-electron chi connectivity index (χ2n) is 5.70. The van der Waals surface area contributed by atoms with Crippen LogP contribution in [0, 0.1) is 5.82 Å². The summed E-state index contributed by atoms with van der Waals surface area (Å²) >= 11 is 0. The van der Waals surface area contributed by atoms with Gasteiger partial charge in [0.1, 0.15) is 16.5 Å². The predicted molar refractivity (Wildman–Crippen MR) is 95.5 cm³/mol. The summed E-state index contributed by atoms with van der Waals surface area (Å²) in [6.45, 7) is 1.59. The Kier molecular flexibility index (Phi) is 4.83. The Balaban J connectivity index is 1.94. The van der Waals surface area contributed by atoms with Crippen molar-refractivity contribution in [2.45, 2.75) is 17.9 Å². The van der Waals surface area contributed by atoms with E-state index in [4.69, 9.17) is 14.2 Å². The van der Waals surface area contributed by atoms with E-state index >= 15 is 0 Å². The normalized spacial score (nSPS) is 16.0. The third kappa shape index (κ3) is 3.61. The highest BCUT2D eigenvalue weighted by molar-refractivity contribution is 7.92. The summed E-state index contributed by atoms with van der Waals surface area (Å²) < 4.78 is 57.2. The van der Waals surface area contributed by atoms with Crippen molar-refractivity contribution in [1.29, 1.82) is 0 Å². The van der Waals surface area contributed by atoms with Gasteiger partial charge in [0.05, 0.1) is 25.6 Å². The Morgan fingerprint density at radius 2 is 1.81 bits per heavy atom. The average molecular weight is 396 g/mol. The van der Waals surface area contributed by atoms with Crippen LogP contribution in [0.15, 0.2) is 35.2 Å². The number of fused-ring (bicyclic) bond motifs is 1. The standard InChI is InChI=1S/C17H17FN2O6S/c1-9-17(21)19-12-6-10(4-5-13(12)26-9)20-27(22,23)16-8-15(25-3)14(24-2)7-11(16)18/h4-9,20H,1-3H3,(H,19,21)/t9-/m0/s1. The molecule has 0 spiro atoms. The zero-order valence-electron chi connectivity index (χ0n) is 14.7. The van der Waals surface area contributed by atoms with Gasteiger partial charge in [-0.05, 0) is 25.1 Å². The number of hydrogen-bond donors (Lipinski definition) is 2. The Hall–Kier alpha value is -3.01. The van der Waals surface area contributed by atoms with Crippen molar-refractivity contribution < 1.29 is 31.8 Å². The fourth-order valence-electron chi connectivity index (χ4n) is 2.52. The van der Waals surface area contributed by atoms with Gasteiger partial charge in [0, 0.05) is 12.1 Å². The van der Waals surface area contributed by atoms with Gasteiger partial charge in [0.2, 0.25) is 0 Å². The monoisotopic (exact) mass is 396 g/mol. The number of nitrogens with one attached hydrogen (secondary N) is 2. The van der Waals surface area contributed by atoms with Crippen LogP contribution in [-0.2, 0) is 14.8 Å². The molecule has 0 saturated carbocycles. The second kappa shape index (κ2) is 6.95. The maximum absolute atomic E-state index is 14.3. The number of carbonyl (C=O) groups excluding carboxylic acids is 1. The molecule has 1 heterocycles. The lowest BCUT2D eigenvalue weighted by Gasteiger charge is -2.23. The quantitative estimate of drug-likeness (QED) is 0.804. The van der Waals surface area contributed by atoms with Crippen LogP contribution >= 0.6 is 0 Å². The molecule has 1 atom stereocenters. The number of anilines is 2. The van der Waals surface area contributed by atoms with Gasteiger partial charge in [0.25, 0.3) is 15.9 Å². The van der Waals surface area contributed by atoms with Gasteiger partial charge in [-0.25, -0.2) is 12.8 Å². The summed E-state index contributed by atoms with van der Waals surface area (Å²) in [5.41, 5.74) is 0.437. The maximum Gasteiger partial charge on any atom is 0.265 e. The lowest BCUT2D eigenvalue weighted by atomic mass is 10.2. The van der Waals surface area contributed by atoms with Crippen molar-refractivity contribution in [3.05, 3.63) is 36.1 Å². The van der Waals surface area contributed by atoms with E-state index in [1.807, 2.05) is 0 Å². The van der Waals surface area contributed by atoms with Gasteiger partial charge < -0.3 is 19.5 Å². The van der Waals surface area contributed by atoms with E-state index in [1.165, 1.54) is 32.4 Å². The molecule has 0 aliphatic carbocycles. The van der Waals surface area contributed by atoms with Crippen molar-refractivity contribution in [3.8, 4) is 17.2 Å². The molecule has 0 saturated heterocycles. The first-order valence-corrected chi connectivity index (χ1v) is 9.29. The highest BCUT2D eigenvalue weighted by atomic mass is 32.2. The number of halogens is 1. The molecule has 0 unspecified atom stereocenters. The topological polar surface area (TPSA) is 103 Å². The molecule has 1 amide bonds. The summed E-state index contributed by atoms with van der Waals surface area (Å²) in [5, 5.41) is 2.61. The highest BCUT2D eigenvalue weighted by Crippen LogP contribution is 2.35. The van der Waals surface area contributed by atoms with Gasteiger partial charge in [-0.2, -0.15) is 0 Å². The van der Waals surface area contributed by atoms with Crippen molar-refractivity contribution >= 4 is 27.3 Å². The zero-order valence-corrected chi connectivity index (χ0v) is 15.5. The van der Waals surface area contributed by atoms with Crippen molar-refractivity contribution in [2.75, 3.05) is 24.3 Å². The van der Waals surface area contributed by atoms with Crippen LogP contribution < -0.4 is 24.2 Å². The molecule has 0 aromatic heterocycles. The van der Waals surface area contributed by atoms with Crippen LogP contribution in [0.1, 0.15) is 6.92 Å². The molecule has 1 aliphatic heterocycles. The molecule has 10 heteroatoms. The summed E-state index contributed by atoms with van der Waals surface area (Å²) in [7, 11) is -1.64. The predicted octanol–water partition coefficient (Wildman–Crippen LogP) is 2.36. The molecule has 2 aromatic rings. The Morgan fingerprint density at radius 3 is 2.48 bits per heavy atom. The van der Waals surface area contributed by atoms with Crippen molar-refractivity contribution in [3.63, 3.8) is 0 Å². The first-order valence-electron chi connectivity index (χ1n) is 7.81. The van der Waals surface area contributed by atoms with Crippen LogP contribution in [0.3, 0.4) is 0 Å². The van der Waals surface area contributed by atoms with E-state index in [9.17, 15) is 17.6 Å². The molecule has 144 valence electrons. The Morgan fingerprint density at radius 1 is 1.15 bits per heavy atom. The highest BCUT2D eigenvalue weighted by Gasteiger charge is 2.26. The summed E-state index contributed by atoms with van der Waals surface area (Å²) in [6, 6.07) is 6.29. The molecule has 8 nitrogen and oxygen atoms in total. The molecule has 3 rings (SSSR count). The van der Waals surface area contributed by atoms with Crippen LogP contribution in [-0.4, -0.2) is 34.6 Å². The number of carbonyl (C=O) groups is 1. The molecular weight excluding hydrogens is 379 g/mol. The first kappa shape index (κ1) is 18.8. The van der Waals surface area contributed by atoms with E-state index in [0.717, 1.165) is 12.1 Å². The Labute approximate surface area is 155 Å².